The zero-order chi connectivity index (χ0) is 12.4. The van der Waals surface area contributed by atoms with E-state index in [9.17, 15) is 4.79 Å². The van der Waals surface area contributed by atoms with Gasteiger partial charge in [-0.3, -0.25) is 4.79 Å². The van der Waals surface area contributed by atoms with Crippen molar-refractivity contribution in [3.8, 4) is 0 Å². The second kappa shape index (κ2) is 5.19. The normalized spacial score (nSPS) is 23.7. The fourth-order valence-corrected chi connectivity index (χ4v) is 2.32. The van der Waals surface area contributed by atoms with Crippen LogP contribution in [0.5, 0.6) is 0 Å². The van der Waals surface area contributed by atoms with Crippen LogP contribution in [-0.4, -0.2) is 18.6 Å². The van der Waals surface area contributed by atoms with E-state index in [1.165, 1.54) is 0 Å². The molecule has 92 valence electrons. The van der Waals surface area contributed by atoms with Crippen LogP contribution >= 0.6 is 15.9 Å². The molecular weight excluding hydrogens is 282 g/mol. The predicted molar refractivity (Wildman–Crippen MR) is 71.0 cm³/mol. The van der Waals surface area contributed by atoms with Gasteiger partial charge in [0.1, 0.15) is 0 Å². The molecule has 17 heavy (non-hydrogen) atoms. The van der Waals surface area contributed by atoms with Crippen LogP contribution in [0.25, 0.3) is 0 Å². The average molecular weight is 298 g/mol. The van der Waals surface area contributed by atoms with Crippen molar-refractivity contribution in [2.75, 3.05) is 11.9 Å². The van der Waals surface area contributed by atoms with Gasteiger partial charge in [-0.05, 0) is 53.9 Å². The maximum atomic E-state index is 12.0. The molecular formula is C13H16BrNO2. The van der Waals surface area contributed by atoms with Gasteiger partial charge in [-0.25, -0.2) is 0 Å². The summed E-state index contributed by atoms with van der Waals surface area (Å²) >= 11 is 3.43. The van der Waals surface area contributed by atoms with Gasteiger partial charge in [-0.1, -0.05) is 6.07 Å². The Kier molecular flexibility index (Phi) is 3.84. The van der Waals surface area contributed by atoms with Gasteiger partial charge >= 0.3 is 0 Å². The molecule has 0 aliphatic carbocycles. The molecule has 0 radical (unpaired) electrons. The highest BCUT2D eigenvalue weighted by Gasteiger charge is 2.28. The van der Waals surface area contributed by atoms with Crippen LogP contribution in [0.4, 0.5) is 5.69 Å². The van der Waals surface area contributed by atoms with Crippen LogP contribution in [0.15, 0.2) is 22.7 Å². The number of halogens is 1. The third-order valence-corrected chi connectivity index (χ3v) is 3.64. The van der Waals surface area contributed by atoms with Crippen molar-refractivity contribution in [3.63, 3.8) is 0 Å². The Bertz CT molecular complexity index is 433. The molecule has 0 bridgehead atoms. The summed E-state index contributed by atoms with van der Waals surface area (Å²) in [6, 6.07) is 5.90. The number of benzene rings is 1. The smallest absolute Gasteiger partial charge is 0.229 e. The van der Waals surface area contributed by atoms with Crippen LogP contribution in [0.2, 0.25) is 0 Å². The topological polar surface area (TPSA) is 38.3 Å². The summed E-state index contributed by atoms with van der Waals surface area (Å²) in [5.74, 6) is 0.0121. The van der Waals surface area contributed by atoms with E-state index in [1.54, 1.807) is 0 Å². The van der Waals surface area contributed by atoms with Gasteiger partial charge in [0.15, 0.2) is 0 Å². The first kappa shape index (κ1) is 12.6. The van der Waals surface area contributed by atoms with Crippen molar-refractivity contribution in [1.29, 1.82) is 0 Å². The minimum atomic E-state index is -0.0302. The van der Waals surface area contributed by atoms with Crippen molar-refractivity contribution in [2.45, 2.75) is 26.4 Å². The number of ether oxygens (including phenoxy) is 1. The van der Waals surface area contributed by atoms with Gasteiger partial charge in [0, 0.05) is 4.47 Å². The Balaban J connectivity index is 2.05. The van der Waals surface area contributed by atoms with Crippen molar-refractivity contribution < 1.29 is 9.53 Å². The largest absolute Gasteiger partial charge is 0.378 e. The van der Waals surface area contributed by atoms with E-state index in [-0.39, 0.29) is 17.9 Å². The fraction of sp³-hybridized carbons (Fsp3) is 0.462. The number of aryl methyl sites for hydroxylation is 1. The number of carbonyl (C=O) groups excluding carboxylic acids is 1. The highest BCUT2D eigenvalue weighted by molar-refractivity contribution is 9.10. The van der Waals surface area contributed by atoms with Gasteiger partial charge in [-0.15, -0.1) is 0 Å². The lowest BCUT2D eigenvalue weighted by Crippen LogP contribution is -2.23. The Morgan fingerprint density at radius 3 is 2.94 bits per heavy atom. The molecule has 4 heteroatoms. The molecule has 2 atom stereocenters. The molecule has 2 unspecified atom stereocenters. The van der Waals surface area contributed by atoms with E-state index in [1.807, 2.05) is 32.0 Å². The van der Waals surface area contributed by atoms with E-state index in [0.29, 0.717) is 6.61 Å². The number of anilines is 1. The van der Waals surface area contributed by atoms with Crippen molar-refractivity contribution >= 4 is 27.5 Å². The Hall–Kier alpha value is -0.870. The molecule has 1 aromatic rings. The number of hydrogen-bond acceptors (Lipinski definition) is 2. The maximum Gasteiger partial charge on any atom is 0.229 e. The molecule has 1 heterocycles. The lowest BCUT2D eigenvalue weighted by Gasteiger charge is -2.11. The maximum absolute atomic E-state index is 12.0. The minimum absolute atomic E-state index is 0.0302. The van der Waals surface area contributed by atoms with Gasteiger partial charge in [0.25, 0.3) is 0 Å². The van der Waals surface area contributed by atoms with Gasteiger partial charge in [0.2, 0.25) is 5.91 Å². The molecule has 1 fully saturated rings. The van der Waals surface area contributed by atoms with E-state index in [4.69, 9.17) is 4.74 Å². The highest BCUT2D eigenvalue weighted by Crippen LogP contribution is 2.26. The van der Waals surface area contributed by atoms with Gasteiger partial charge in [-0.2, -0.15) is 0 Å². The Labute approximate surface area is 110 Å². The first-order chi connectivity index (χ1) is 8.06. The Morgan fingerprint density at radius 2 is 2.29 bits per heavy atom. The molecule has 1 saturated heterocycles. The monoisotopic (exact) mass is 297 g/mol. The summed E-state index contributed by atoms with van der Waals surface area (Å²) in [5, 5.41) is 2.95. The molecule has 1 amide bonds. The molecule has 1 aliphatic heterocycles. The van der Waals surface area contributed by atoms with Crippen LogP contribution < -0.4 is 5.32 Å². The fourth-order valence-electron chi connectivity index (χ4n) is 1.97. The first-order valence-electron chi connectivity index (χ1n) is 5.75. The summed E-state index contributed by atoms with van der Waals surface area (Å²) in [6.07, 6.45) is 0.988. The molecule has 1 aromatic carbocycles. The highest BCUT2D eigenvalue weighted by atomic mass is 79.9. The molecule has 0 saturated carbocycles. The van der Waals surface area contributed by atoms with Crippen molar-refractivity contribution in [2.24, 2.45) is 5.92 Å². The van der Waals surface area contributed by atoms with E-state index in [2.05, 4.69) is 21.2 Å². The lowest BCUT2D eigenvalue weighted by atomic mass is 10.1. The molecule has 0 spiro atoms. The standard InChI is InChI=1S/C13H16BrNO2/c1-8-3-4-11(14)12(5-8)15-13(16)10-6-9(2)17-7-10/h3-5,9-10H,6-7H2,1-2H3,(H,15,16). The zero-order valence-corrected chi connectivity index (χ0v) is 11.6. The molecule has 0 aromatic heterocycles. The lowest BCUT2D eigenvalue weighted by molar-refractivity contribution is -0.119. The predicted octanol–water partition coefficient (Wildman–Crippen LogP) is 3.12. The minimum Gasteiger partial charge on any atom is -0.378 e. The third kappa shape index (κ3) is 3.07. The number of nitrogens with one attached hydrogen (secondary N) is 1. The number of hydrogen-bond donors (Lipinski definition) is 1. The second-order valence-electron chi connectivity index (χ2n) is 4.55. The SMILES string of the molecule is Cc1ccc(Br)c(NC(=O)C2COC(C)C2)c1. The zero-order valence-electron chi connectivity index (χ0n) is 10.00. The molecule has 1 aliphatic rings. The molecule has 1 N–H and O–H groups in total. The van der Waals surface area contributed by atoms with Gasteiger partial charge in [0.05, 0.1) is 24.3 Å². The van der Waals surface area contributed by atoms with Crippen LogP contribution in [0.1, 0.15) is 18.9 Å². The Morgan fingerprint density at radius 1 is 1.53 bits per heavy atom. The van der Waals surface area contributed by atoms with E-state index in [0.717, 1.165) is 22.1 Å². The summed E-state index contributed by atoms with van der Waals surface area (Å²) in [7, 11) is 0. The summed E-state index contributed by atoms with van der Waals surface area (Å²) in [4.78, 5) is 12.0. The number of amides is 1. The van der Waals surface area contributed by atoms with Crippen molar-refractivity contribution in [1.82, 2.24) is 0 Å². The second-order valence-corrected chi connectivity index (χ2v) is 5.40. The summed E-state index contributed by atoms with van der Waals surface area (Å²) < 4.78 is 6.31. The average Bonchev–Trinajstić information content (AvgIpc) is 2.70. The molecule has 2 rings (SSSR count). The van der Waals surface area contributed by atoms with Crippen LogP contribution in [-0.2, 0) is 9.53 Å². The first-order valence-corrected chi connectivity index (χ1v) is 6.54. The van der Waals surface area contributed by atoms with Crippen molar-refractivity contribution in [3.05, 3.63) is 28.2 Å². The summed E-state index contributed by atoms with van der Waals surface area (Å²) in [6.45, 7) is 4.52. The quantitative estimate of drug-likeness (QED) is 0.911. The summed E-state index contributed by atoms with van der Waals surface area (Å²) in [5.41, 5.74) is 1.95. The third-order valence-electron chi connectivity index (χ3n) is 2.95. The molecule has 3 nitrogen and oxygen atoms in total. The van der Waals surface area contributed by atoms with Crippen LogP contribution in [0, 0.1) is 12.8 Å². The van der Waals surface area contributed by atoms with Crippen LogP contribution in [0.3, 0.4) is 0 Å². The van der Waals surface area contributed by atoms with E-state index < -0.39 is 0 Å². The van der Waals surface area contributed by atoms with E-state index >= 15 is 0 Å². The number of carbonyl (C=O) groups is 1. The number of rotatable bonds is 2. The van der Waals surface area contributed by atoms with Gasteiger partial charge < -0.3 is 10.1 Å².